The molecule has 0 aliphatic carbocycles. The average Bonchev–Trinajstić information content (AvgIpc) is 2.12. The lowest BCUT2D eigenvalue weighted by molar-refractivity contribution is -0.139. The Bertz CT molecular complexity index is 139. The Morgan fingerprint density at radius 1 is 1.80 bits per heavy atom. The number of rotatable bonds is 2. The monoisotopic (exact) mass is 160 g/mol. The normalized spacial score (nSPS) is 32.5. The highest BCUT2D eigenvalue weighted by atomic mass is 32.2. The fourth-order valence-corrected chi connectivity index (χ4v) is 2.73. The minimum Gasteiger partial charge on any atom is -0.481 e. The van der Waals surface area contributed by atoms with E-state index in [9.17, 15) is 4.79 Å². The summed E-state index contributed by atoms with van der Waals surface area (Å²) in [5.41, 5.74) is 0.0799. The van der Waals surface area contributed by atoms with E-state index in [1.54, 1.807) is 0 Å². The molecule has 0 bridgehead atoms. The van der Waals surface area contributed by atoms with E-state index < -0.39 is 5.97 Å². The molecule has 1 heterocycles. The molecule has 1 atom stereocenters. The van der Waals surface area contributed by atoms with Crippen LogP contribution in [0.4, 0.5) is 0 Å². The van der Waals surface area contributed by atoms with Gasteiger partial charge in [0.1, 0.15) is 0 Å². The maximum Gasteiger partial charge on any atom is 0.303 e. The van der Waals surface area contributed by atoms with Crippen LogP contribution in [-0.4, -0.2) is 22.6 Å². The highest BCUT2D eigenvalue weighted by Crippen LogP contribution is 2.38. The zero-order valence-electron chi connectivity index (χ0n) is 6.09. The molecule has 10 heavy (non-hydrogen) atoms. The zero-order valence-corrected chi connectivity index (χ0v) is 6.91. The Labute approximate surface area is 65.0 Å². The van der Waals surface area contributed by atoms with Gasteiger partial charge in [0, 0.05) is 0 Å². The minimum absolute atomic E-state index is 0.0799. The van der Waals surface area contributed by atoms with E-state index in [-0.39, 0.29) is 5.41 Å². The smallest absolute Gasteiger partial charge is 0.303 e. The standard InChI is InChI=1S/C7H12O2S/c1-7(4-6(8)9)2-3-10-5-7/h2-5H2,1H3,(H,8,9). The van der Waals surface area contributed by atoms with Gasteiger partial charge in [-0.05, 0) is 23.3 Å². The molecular weight excluding hydrogens is 148 g/mol. The number of aliphatic carboxylic acids is 1. The van der Waals surface area contributed by atoms with Crippen molar-refractivity contribution in [3.05, 3.63) is 0 Å². The topological polar surface area (TPSA) is 37.3 Å². The summed E-state index contributed by atoms with van der Waals surface area (Å²) in [6.07, 6.45) is 1.39. The summed E-state index contributed by atoms with van der Waals surface area (Å²) >= 11 is 1.86. The molecule has 3 heteroatoms. The molecular formula is C7H12O2S. The van der Waals surface area contributed by atoms with Crippen molar-refractivity contribution in [2.75, 3.05) is 11.5 Å². The van der Waals surface area contributed by atoms with Crippen molar-refractivity contribution in [2.45, 2.75) is 19.8 Å². The molecule has 1 fully saturated rings. The van der Waals surface area contributed by atoms with Crippen molar-refractivity contribution in [2.24, 2.45) is 5.41 Å². The van der Waals surface area contributed by atoms with Gasteiger partial charge in [-0.1, -0.05) is 6.92 Å². The van der Waals surface area contributed by atoms with Crippen LogP contribution >= 0.6 is 11.8 Å². The first kappa shape index (κ1) is 7.92. The van der Waals surface area contributed by atoms with Crippen molar-refractivity contribution in [1.29, 1.82) is 0 Å². The molecule has 0 aromatic heterocycles. The molecule has 1 rings (SSSR count). The number of hydrogen-bond acceptors (Lipinski definition) is 2. The molecule has 58 valence electrons. The first-order valence-electron chi connectivity index (χ1n) is 3.42. The lowest BCUT2D eigenvalue weighted by Gasteiger charge is -2.18. The second-order valence-electron chi connectivity index (χ2n) is 3.18. The third kappa shape index (κ3) is 1.90. The lowest BCUT2D eigenvalue weighted by Crippen LogP contribution is -2.19. The first-order valence-corrected chi connectivity index (χ1v) is 4.57. The van der Waals surface area contributed by atoms with E-state index in [4.69, 9.17) is 5.11 Å². The molecule has 1 aliphatic rings. The van der Waals surface area contributed by atoms with Crippen LogP contribution in [0.5, 0.6) is 0 Å². The van der Waals surface area contributed by atoms with Crippen molar-refractivity contribution < 1.29 is 9.90 Å². The van der Waals surface area contributed by atoms with Gasteiger partial charge in [0.25, 0.3) is 0 Å². The van der Waals surface area contributed by atoms with Crippen LogP contribution in [0.15, 0.2) is 0 Å². The molecule has 0 radical (unpaired) electrons. The van der Waals surface area contributed by atoms with Crippen LogP contribution in [-0.2, 0) is 4.79 Å². The SMILES string of the molecule is CC1(CC(=O)O)CCSC1. The fraction of sp³-hybridized carbons (Fsp3) is 0.857. The van der Waals surface area contributed by atoms with E-state index in [2.05, 4.69) is 6.92 Å². The molecule has 0 spiro atoms. The highest BCUT2D eigenvalue weighted by Gasteiger charge is 2.31. The van der Waals surface area contributed by atoms with Crippen molar-refractivity contribution in [3.63, 3.8) is 0 Å². The Morgan fingerprint density at radius 3 is 2.90 bits per heavy atom. The van der Waals surface area contributed by atoms with Crippen LogP contribution in [0.3, 0.4) is 0 Å². The lowest BCUT2D eigenvalue weighted by atomic mass is 9.87. The first-order chi connectivity index (χ1) is 4.62. The summed E-state index contributed by atoms with van der Waals surface area (Å²) in [4.78, 5) is 10.4. The number of carboxylic acids is 1. The zero-order chi connectivity index (χ0) is 7.61. The Morgan fingerprint density at radius 2 is 2.50 bits per heavy atom. The van der Waals surface area contributed by atoms with Gasteiger partial charge < -0.3 is 5.11 Å². The maximum atomic E-state index is 10.4. The molecule has 0 aromatic carbocycles. The number of carboxylic acid groups (broad SMARTS) is 1. The molecule has 0 saturated carbocycles. The summed E-state index contributed by atoms with van der Waals surface area (Å²) < 4.78 is 0. The van der Waals surface area contributed by atoms with Gasteiger partial charge in [-0.2, -0.15) is 11.8 Å². The Balaban J connectivity index is 2.43. The van der Waals surface area contributed by atoms with E-state index in [1.807, 2.05) is 11.8 Å². The minimum atomic E-state index is -0.662. The second-order valence-corrected chi connectivity index (χ2v) is 4.29. The molecule has 0 aromatic rings. The van der Waals surface area contributed by atoms with E-state index >= 15 is 0 Å². The molecule has 0 amide bonds. The molecule has 1 aliphatic heterocycles. The predicted molar refractivity (Wildman–Crippen MR) is 42.3 cm³/mol. The summed E-state index contributed by atoms with van der Waals surface area (Å²) in [6.45, 7) is 2.06. The second kappa shape index (κ2) is 2.82. The van der Waals surface area contributed by atoms with Gasteiger partial charge in [-0.3, -0.25) is 4.79 Å². The predicted octanol–water partition coefficient (Wildman–Crippen LogP) is 1.60. The van der Waals surface area contributed by atoms with Crippen molar-refractivity contribution >= 4 is 17.7 Å². The Kier molecular flexibility index (Phi) is 2.24. The summed E-state index contributed by atoms with van der Waals surface area (Å²) in [5, 5.41) is 8.53. The molecule has 1 saturated heterocycles. The van der Waals surface area contributed by atoms with Crippen molar-refractivity contribution in [3.8, 4) is 0 Å². The van der Waals surface area contributed by atoms with Gasteiger partial charge in [0.05, 0.1) is 6.42 Å². The van der Waals surface area contributed by atoms with Crippen LogP contribution in [0, 0.1) is 5.41 Å². The van der Waals surface area contributed by atoms with E-state index in [0.717, 1.165) is 17.9 Å². The van der Waals surface area contributed by atoms with E-state index in [0.29, 0.717) is 6.42 Å². The van der Waals surface area contributed by atoms with E-state index in [1.165, 1.54) is 0 Å². The third-order valence-corrected chi connectivity index (χ3v) is 3.27. The fourth-order valence-electron chi connectivity index (χ4n) is 1.21. The third-order valence-electron chi connectivity index (χ3n) is 1.88. The number of carbonyl (C=O) groups is 1. The average molecular weight is 160 g/mol. The summed E-state index contributed by atoms with van der Waals surface area (Å²) in [6, 6.07) is 0. The van der Waals surface area contributed by atoms with Gasteiger partial charge in [-0.25, -0.2) is 0 Å². The van der Waals surface area contributed by atoms with Gasteiger partial charge in [0.15, 0.2) is 0 Å². The highest BCUT2D eigenvalue weighted by molar-refractivity contribution is 7.99. The quantitative estimate of drug-likeness (QED) is 0.666. The molecule has 1 N–H and O–H groups in total. The van der Waals surface area contributed by atoms with Crippen molar-refractivity contribution in [1.82, 2.24) is 0 Å². The number of thioether (sulfide) groups is 1. The van der Waals surface area contributed by atoms with Crippen LogP contribution in [0.1, 0.15) is 19.8 Å². The number of hydrogen-bond donors (Lipinski definition) is 1. The summed E-state index contributed by atoms with van der Waals surface area (Å²) in [5.74, 6) is 1.48. The van der Waals surface area contributed by atoms with Gasteiger partial charge >= 0.3 is 5.97 Å². The van der Waals surface area contributed by atoms with Crippen LogP contribution in [0.2, 0.25) is 0 Å². The van der Waals surface area contributed by atoms with Crippen LogP contribution < -0.4 is 0 Å². The largest absolute Gasteiger partial charge is 0.481 e. The molecule has 2 nitrogen and oxygen atoms in total. The van der Waals surface area contributed by atoms with Gasteiger partial charge in [0.2, 0.25) is 0 Å². The van der Waals surface area contributed by atoms with Crippen LogP contribution in [0.25, 0.3) is 0 Å². The van der Waals surface area contributed by atoms with Gasteiger partial charge in [-0.15, -0.1) is 0 Å². The molecule has 1 unspecified atom stereocenters. The maximum absolute atomic E-state index is 10.4. The summed E-state index contributed by atoms with van der Waals surface area (Å²) in [7, 11) is 0. The Hall–Kier alpha value is -0.180.